The highest BCUT2D eigenvalue weighted by atomic mass is 32.2. The van der Waals surface area contributed by atoms with Gasteiger partial charge in [0.05, 0.1) is 29.9 Å². The van der Waals surface area contributed by atoms with E-state index >= 15 is 0 Å². The number of nitrogens with zero attached hydrogens (tertiary/aromatic N) is 4. The number of H-pyrrole nitrogens is 1. The predicted octanol–water partition coefficient (Wildman–Crippen LogP) is 0.347. The molecule has 3 heterocycles. The second kappa shape index (κ2) is 5.65. The van der Waals surface area contributed by atoms with Gasteiger partial charge in [0, 0.05) is 18.6 Å². The second-order valence-electron chi connectivity index (χ2n) is 4.72. The van der Waals surface area contributed by atoms with Gasteiger partial charge in [0.15, 0.2) is 0 Å². The zero-order valence-corrected chi connectivity index (χ0v) is 12.8. The minimum atomic E-state index is -3.64. The smallest absolute Gasteiger partial charge is 0.284 e. The number of aromatic amines is 1. The molecule has 3 aromatic rings. The lowest BCUT2D eigenvalue weighted by Gasteiger charge is -1.98. The average molecular weight is 332 g/mol. The van der Waals surface area contributed by atoms with Crippen molar-refractivity contribution < 1.29 is 13.2 Å². The number of amides is 1. The van der Waals surface area contributed by atoms with E-state index in [-0.39, 0.29) is 5.69 Å². The molecule has 0 atom stereocenters. The summed E-state index contributed by atoms with van der Waals surface area (Å²) in [5.41, 5.74) is 1.40. The fraction of sp³-hybridized carbons (Fsp3) is 0.0769. The number of pyridine rings is 1. The monoisotopic (exact) mass is 332 g/mol. The molecule has 23 heavy (non-hydrogen) atoms. The molecular weight excluding hydrogens is 320 g/mol. The highest BCUT2D eigenvalue weighted by Crippen LogP contribution is 2.16. The maximum Gasteiger partial charge on any atom is 0.284 e. The first-order valence-electron chi connectivity index (χ1n) is 6.45. The molecule has 10 heteroatoms. The third-order valence-corrected chi connectivity index (χ3v) is 3.41. The van der Waals surface area contributed by atoms with Crippen LogP contribution in [0.4, 0.5) is 0 Å². The minimum absolute atomic E-state index is 0.0282. The van der Waals surface area contributed by atoms with E-state index in [1.54, 1.807) is 35.5 Å². The maximum absolute atomic E-state index is 11.7. The van der Waals surface area contributed by atoms with Crippen molar-refractivity contribution in [2.24, 2.45) is 0 Å². The van der Waals surface area contributed by atoms with Crippen molar-refractivity contribution in [1.29, 1.82) is 0 Å². The van der Waals surface area contributed by atoms with Crippen molar-refractivity contribution in [3.05, 3.63) is 48.8 Å². The van der Waals surface area contributed by atoms with Crippen LogP contribution in [0.2, 0.25) is 0 Å². The first kappa shape index (κ1) is 14.9. The van der Waals surface area contributed by atoms with Crippen molar-refractivity contribution in [1.82, 2.24) is 29.5 Å². The number of rotatable bonds is 4. The van der Waals surface area contributed by atoms with Crippen LogP contribution in [0.25, 0.3) is 17.1 Å². The number of carbonyl (C=O) groups excluding carboxylic acids is 1. The number of nitrogens with one attached hydrogen (secondary N) is 2. The van der Waals surface area contributed by atoms with E-state index in [0.29, 0.717) is 11.4 Å². The third-order valence-electron chi connectivity index (χ3n) is 2.86. The molecule has 0 bridgehead atoms. The lowest BCUT2D eigenvalue weighted by atomic mass is 10.3. The zero-order chi connectivity index (χ0) is 16.4. The van der Waals surface area contributed by atoms with E-state index in [1.807, 2.05) is 10.8 Å². The molecule has 0 saturated heterocycles. The third kappa shape index (κ3) is 3.43. The molecule has 0 aliphatic heterocycles. The fourth-order valence-corrected chi connectivity index (χ4v) is 2.32. The second-order valence-corrected chi connectivity index (χ2v) is 6.47. The number of hydrogen-bond acceptors (Lipinski definition) is 6. The van der Waals surface area contributed by atoms with Crippen LogP contribution in [0.1, 0.15) is 10.5 Å². The van der Waals surface area contributed by atoms with E-state index < -0.39 is 15.9 Å². The molecule has 9 nitrogen and oxygen atoms in total. The number of sulfonamides is 1. The summed E-state index contributed by atoms with van der Waals surface area (Å²) in [6.45, 7) is 0. The quantitative estimate of drug-likeness (QED) is 0.710. The lowest BCUT2D eigenvalue weighted by molar-refractivity contribution is 0.0977. The summed E-state index contributed by atoms with van der Waals surface area (Å²) in [6.07, 6.45) is 8.84. The van der Waals surface area contributed by atoms with E-state index in [1.165, 1.54) is 6.20 Å². The summed E-state index contributed by atoms with van der Waals surface area (Å²) in [6, 6.07) is 3.63. The van der Waals surface area contributed by atoms with Crippen LogP contribution in [0.15, 0.2) is 43.1 Å². The Hall–Kier alpha value is -3.01. The molecule has 118 valence electrons. The Bertz CT molecular complexity index is 945. The summed E-state index contributed by atoms with van der Waals surface area (Å²) in [7, 11) is -3.64. The van der Waals surface area contributed by atoms with E-state index in [9.17, 15) is 13.2 Å². The van der Waals surface area contributed by atoms with Gasteiger partial charge in [-0.3, -0.25) is 9.78 Å². The Kier molecular flexibility index (Phi) is 3.66. The molecule has 0 spiro atoms. The largest absolute Gasteiger partial charge is 0.344 e. The summed E-state index contributed by atoms with van der Waals surface area (Å²) < 4.78 is 25.6. The Labute approximate surface area is 131 Å². The van der Waals surface area contributed by atoms with Gasteiger partial charge in [-0.15, -0.1) is 0 Å². The molecular formula is C13H12N6O3S. The Morgan fingerprint density at radius 2 is 2.17 bits per heavy atom. The van der Waals surface area contributed by atoms with Gasteiger partial charge in [0.2, 0.25) is 10.0 Å². The summed E-state index contributed by atoms with van der Waals surface area (Å²) in [5.74, 6) is -0.395. The van der Waals surface area contributed by atoms with Gasteiger partial charge < -0.3 is 4.98 Å². The Morgan fingerprint density at radius 3 is 2.87 bits per heavy atom. The topological polar surface area (TPSA) is 123 Å². The lowest BCUT2D eigenvalue weighted by Crippen LogP contribution is -2.29. The molecule has 1 amide bonds. The standard InChI is InChI=1S/C13H12N6O3S/c1-23(21,22)18-13(20)11-7-15-12(17-11)9-5-16-19(8-9)10-3-2-4-14-6-10/h2-8H,1H3,(H,15,17)(H,18,20). The van der Waals surface area contributed by atoms with Crippen molar-refractivity contribution in [3.8, 4) is 17.1 Å². The van der Waals surface area contributed by atoms with E-state index in [4.69, 9.17) is 0 Å². The Morgan fingerprint density at radius 1 is 1.35 bits per heavy atom. The fourth-order valence-electron chi connectivity index (χ4n) is 1.88. The highest BCUT2D eigenvalue weighted by Gasteiger charge is 2.15. The highest BCUT2D eigenvalue weighted by molar-refractivity contribution is 7.89. The molecule has 3 aromatic heterocycles. The van der Waals surface area contributed by atoms with E-state index in [0.717, 1.165) is 11.9 Å². The first-order valence-corrected chi connectivity index (χ1v) is 8.34. The van der Waals surface area contributed by atoms with Crippen LogP contribution >= 0.6 is 0 Å². The Balaban J connectivity index is 1.84. The average Bonchev–Trinajstić information content (AvgIpc) is 3.16. The van der Waals surface area contributed by atoms with Gasteiger partial charge >= 0.3 is 0 Å². The predicted molar refractivity (Wildman–Crippen MR) is 81.3 cm³/mol. The van der Waals surface area contributed by atoms with Crippen LogP contribution < -0.4 is 4.72 Å². The van der Waals surface area contributed by atoms with Gasteiger partial charge in [0.1, 0.15) is 11.5 Å². The molecule has 0 saturated carbocycles. The van der Waals surface area contributed by atoms with Crippen molar-refractivity contribution >= 4 is 15.9 Å². The minimum Gasteiger partial charge on any atom is -0.344 e. The van der Waals surface area contributed by atoms with E-state index in [2.05, 4.69) is 20.1 Å². The number of carbonyl (C=O) groups is 1. The van der Waals surface area contributed by atoms with Crippen LogP contribution in [0.5, 0.6) is 0 Å². The van der Waals surface area contributed by atoms with Gasteiger partial charge in [-0.2, -0.15) is 5.10 Å². The van der Waals surface area contributed by atoms with Crippen molar-refractivity contribution in [3.63, 3.8) is 0 Å². The molecule has 0 aromatic carbocycles. The van der Waals surface area contributed by atoms with Crippen molar-refractivity contribution in [2.45, 2.75) is 0 Å². The van der Waals surface area contributed by atoms with Crippen molar-refractivity contribution in [2.75, 3.05) is 6.26 Å². The normalized spacial score (nSPS) is 11.3. The van der Waals surface area contributed by atoms with Gasteiger partial charge in [-0.25, -0.2) is 22.8 Å². The summed E-state index contributed by atoms with van der Waals surface area (Å²) in [5, 5.41) is 4.20. The summed E-state index contributed by atoms with van der Waals surface area (Å²) >= 11 is 0. The molecule has 2 N–H and O–H groups in total. The number of imidazole rings is 1. The van der Waals surface area contributed by atoms with Gasteiger partial charge in [-0.1, -0.05) is 0 Å². The molecule has 0 radical (unpaired) electrons. The molecule has 0 unspecified atom stereocenters. The summed E-state index contributed by atoms with van der Waals surface area (Å²) in [4.78, 5) is 22.6. The molecule has 0 fully saturated rings. The SMILES string of the molecule is CS(=O)(=O)NC(=O)c1c[nH]c(-c2cnn(-c3cccnc3)c2)n1. The maximum atomic E-state index is 11.7. The number of hydrogen-bond donors (Lipinski definition) is 2. The van der Waals surface area contributed by atoms with Crippen LogP contribution in [-0.4, -0.2) is 45.3 Å². The first-order chi connectivity index (χ1) is 10.9. The molecule has 0 aliphatic rings. The van der Waals surface area contributed by atoms with Crippen LogP contribution in [-0.2, 0) is 10.0 Å². The van der Waals surface area contributed by atoms with Gasteiger partial charge in [0.25, 0.3) is 5.91 Å². The molecule has 0 aliphatic carbocycles. The van der Waals surface area contributed by atoms with Crippen LogP contribution in [0.3, 0.4) is 0 Å². The zero-order valence-electron chi connectivity index (χ0n) is 12.0. The molecule has 3 rings (SSSR count). The van der Waals surface area contributed by atoms with Gasteiger partial charge in [-0.05, 0) is 12.1 Å². The number of aromatic nitrogens is 5. The van der Waals surface area contributed by atoms with Crippen LogP contribution in [0, 0.1) is 0 Å².